The maximum atomic E-state index is 9.95. The third-order valence-corrected chi connectivity index (χ3v) is 3.42. The third kappa shape index (κ3) is 2.94. The Morgan fingerprint density at radius 3 is 3.00 bits per heavy atom. The van der Waals surface area contributed by atoms with Gasteiger partial charge in [-0.3, -0.25) is 0 Å². The van der Waals surface area contributed by atoms with Gasteiger partial charge in [0.2, 0.25) is 0 Å². The minimum Gasteiger partial charge on any atom is -0.504 e. The van der Waals surface area contributed by atoms with Gasteiger partial charge in [0.25, 0.3) is 0 Å². The standard InChI is InChI=1S/C14H21NO3/c1-14(7-4-8-18-14)10-15-9-11-5-3-6-12(17-2)13(11)16/h3,5-6,15-16H,4,7-10H2,1-2H3. The van der Waals surface area contributed by atoms with E-state index in [0.29, 0.717) is 12.3 Å². The summed E-state index contributed by atoms with van der Waals surface area (Å²) in [5, 5.41) is 13.3. The number of methoxy groups -OCH3 is 1. The van der Waals surface area contributed by atoms with Crippen molar-refractivity contribution in [3.63, 3.8) is 0 Å². The number of ether oxygens (including phenoxy) is 2. The monoisotopic (exact) mass is 251 g/mol. The second-order valence-electron chi connectivity index (χ2n) is 4.97. The number of phenols is 1. The molecule has 4 heteroatoms. The molecule has 1 unspecified atom stereocenters. The topological polar surface area (TPSA) is 50.7 Å². The van der Waals surface area contributed by atoms with Gasteiger partial charge in [0, 0.05) is 25.3 Å². The predicted molar refractivity (Wildman–Crippen MR) is 70.0 cm³/mol. The van der Waals surface area contributed by atoms with E-state index in [0.717, 1.165) is 31.6 Å². The summed E-state index contributed by atoms with van der Waals surface area (Å²) in [6, 6.07) is 5.52. The summed E-state index contributed by atoms with van der Waals surface area (Å²) in [5.41, 5.74) is 0.782. The van der Waals surface area contributed by atoms with Crippen molar-refractivity contribution in [3.8, 4) is 11.5 Å². The van der Waals surface area contributed by atoms with E-state index in [4.69, 9.17) is 9.47 Å². The molecule has 1 heterocycles. The van der Waals surface area contributed by atoms with Crippen LogP contribution in [0.15, 0.2) is 18.2 Å². The molecule has 0 amide bonds. The Morgan fingerprint density at radius 2 is 2.33 bits per heavy atom. The Balaban J connectivity index is 1.90. The molecule has 1 fully saturated rings. The molecule has 1 saturated heterocycles. The van der Waals surface area contributed by atoms with Gasteiger partial charge in [-0.15, -0.1) is 0 Å². The molecule has 2 N–H and O–H groups in total. The fraction of sp³-hybridized carbons (Fsp3) is 0.571. The second-order valence-corrected chi connectivity index (χ2v) is 4.97. The molecule has 2 rings (SSSR count). The van der Waals surface area contributed by atoms with E-state index in [1.54, 1.807) is 13.2 Å². The molecule has 0 bridgehead atoms. The fourth-order valence-electron chi connectivity index (χ4n) is 2.31. The predicted octanol–water partition coefficient (Wildman–Crippen LogP) is 2.06. The summed E-state index contributed by atoms with van der Waals surface area (Å²) in [4.78, 5) is 0. The van der Waals surface area contributed by atoms with E-state index in [1.165, 1.54) is 0 Å². The van der Waals surface area contributed by atoms with E-state index in [1.807, 2.05) is 12.1 Å². The number of hydrogen-bond acceptors (Lipinski definition) is 4. The van der Waals surface area contributed by atoms with E-state index in [9.17, 15) is 5.11 Å². The zero-order valence-electron chi connectivity index (χ0n) is 11.0. The van der Waals surface area contributed by atoms with Crippen LogP contribution >= 0.6 is 0 Å². The average molecular weight is 251 g/mol. The molecular weight excluding hydrogens is 230 g/mol. The van der Waals surface area contributed by atoms with Gasteiger partial charge in [-0.2, -0.15) is 0 Å². The number of hydrogen-bond donors (Lipinski definition) is 2. The summed E-state index contributed by atoms with van der Waals surface area (Å²) in [5.74, 6) is 0.725. The van der Waals surface area contributed by atoms with Crippen LogP contribution in [-0.4, -0.2) is 31.0 Å². The first-order chi connectivity index (χ1) is 8.64. The van der Waals surface area contributed by atoms with Crippen LogP contribution in [-0.2, 0) is 11.3 Å². The van der Waals surface area contributed by atoms with Gasteiger partial charge in [-0.05, 0) is 25.8 Å². The first-order valence-corrected chi connectivity index (χ1v) is 6.34. The summed E-state index contributed by atoms with van der Waals surface area (Å²) >= 11 is 0. The van der Waals surface area contributed by atoms with Gasteiger partial charge >= 0.3 is 0 Å². The van der Waals surface area contributed by atoms with E-state index in [2.05, 4.69) is 12.2 Å². The summed E-state index contributed by atoms with van der Waals surface area (Å²) < 4.78 is 10.8. The molecule has 100 valence electrons. The van der Waals surface area contributed by atoms with Crippen LogP contribution in [0, 0.1) is 0 Å². The second kappa shape index (κ2) is 5.59. The van der Waals surface area contributed by atoms with Crippen molar-refractivity contribution in [2.45, 2.75) is 31.9 Å². The van der Waals surface area contributed by atoms with Crippen LogP contribution in [0.3, 0.4) is 0 Å². The van der Waals surface area contributed by atoms with Crippen molar-refractivity contribution < 1.29 is 14.6 Å². The molecule has 0 aromatic heterocycles. The molecular formula is C14H21NO3. The lowest BCUT2D eigenvalue weighted by molar-refractivity contribution is 0.0206. The Bertz CT molecular complexity index is 400. The van der Waals surface area contributed by atoms with Gasteiger partial charge in [-0.25, -0.2) is 0 Å². The molecule has 1 aromatic carbocycles. The highest BCUT2D eigenvalue weighted by atomic mass is 16.5. The maximum absolute atomic E-state index is 9.95. The van der Waals surface area contributed by atoms with Crippen molar-refractivity contribution in [1.82, 2.24) is 5.32 Å². The number of para-hydroxylation sites is 1. The van der Waals surface area contributed by atoms with Crippen LogP contribution in [0.4, 0.5) is 0 Å². The molecule has 4 nitrogen and oxygen atoms in total. The normalized spacial score (nSPS) is 23.2. The number of phenolic OH excluding ortho intramolecular Hbond substituents is 1. The number of aromatic hydroxyl groups is 1. The first kappa shape index (κ1) is 13.2. The molecule has 0 aliphatic carbocycles. The lowest BCUT2D eigenvalue weighted by Crippen LogP contribution is -2.36. The molecule has 0 spiro atoms. The Labute approximate surface area is 108 Å². The molecule has 1 aliphatic rings. The van der Waals surface area contributed by atoms with E-state index >= 15 is 0 Å². The minimum absolute atomic E-state index is 0.0610. The van der Waals surface area contributed by atoms with Gasteiger partial charge in [0.15, 0.2) is 11.5 Å². The van der Waals surface area contributed by atoms with Gasteiger partial charge < -0.3 is 19.9 Å². The van der Waals surface area contributed by atoms with Crippen LogP contribution < -0.4 is 10.1 Å². The molecule has 0 saturated carbocycles. The Hall–Kier alpha value is -1.26. The minimum atomic E-state index is -0.0610. The SMILES string of the molecule is COc1cccc(CNCC2(C)CCCO2)c1O. The van der Waals surface area contributed by atoms with Gasteiger partial charge in [-0.1, -0.05) is 12.1 Å². The first-order valence-electron chi connectivity index (χ1n) is 6.34. The lowest BCUT2D eigenvalue weighted by Gasteiger charge is -2.23. The summed E-state index contributed by atoms with van der Waals surface area (Å²) in [6.45, 7) is 4.38. The highest BCUT2D eigenvalue weighted by Gasteiger charge is 2.29. The quantitative estimate of drug-likeness (QED) is 0.841. The van der Waals surface area contributed by atoms with Crippen LogP contribution in [0.2, 0.25) is 0 Å². The highest BCUT2D eigenvalue weighted by Crippen LogP contribution is 2.29. The van der Waals surface area contributed by atoms with Crippen molar-refractivity contribution >= 4 is 0 Å². The summed E-state index contributed by atoms with van der Waals surface area (Å²) in [7, 11) is 1.56. The van der Waals surface area contributed by atoms with E-state index < -0.39 is 0 Å². The molecule has 1 aliphatic heterocycles. The maximum Gasteiger partial charge on any atom is 0.162 e. The van der Waals surface area contributed by atoms with Crippen molar-refractivity contribution in [3.05, 3.63) is 23.8 Å². The van der Waals surface area contributed by atoms with E-state index in [-0.39, 0.29) is 11.4 Å². The van der Waals surface area contributed by atoms with Gasteiger partial charge in [0.05, 0.1) is 12.7 Å². The number of benzene rings is 1. The van der Waals surface area contributed by atoms with Gasteiger partial charge in [0.1, 0.15) is 0 Å². The smallest absolute Gasteiger partial charge is 0.162 e. The fourth-order valence-corrected chi connectivity index (χ4v) is 2.31. The molecule has 18 heavy (non-hydrogen) atoms. The third-order valence-electron chi connectivity index (χ3n) is 3.42. The number of nitrogens with one attached hydrogen (secondary N) is 1. The molecule has 1 atom stereocenters. The van der Waals surface area contributed by atoms with Crippen molar-refractivity contribution in [2.24, 2.45) is 0 Å². The van der Waals surface area contributed by atoms with Crippen molar-refractivity contribution in [1.29, 1.82) is 0 Å². The average Bonchev–Trinajstić information content (AvgIpc) is 2.79. The van der Waals surface area contributed by atoms with Crippen molar-refractivity contribution in [2.75, 3.05) is 20.3 Å². The highest BCUT2D eigenvalue weighted by molar-refractivity contribution is 5.45. The lowest BCUT2D eigenvalue weighted by atomic mass is 10.0. The molecule has 1 aromatic rings. The zero-order valence-corrected chi connectivity index (χ0v) is 11.0. The van der Waals surface area contributed by atoms with Crippen LogP contribution in [0.1, 0.15) is 25.3 Å². The molecule has 0 radical (unpaired) electrons. The Kier molecular flexibility index (Phi) is 4.09. The number of rotatable bonds is 5. The summed E-state index contributed by atoms with van der Waals surface area (Å²) in [6.07, 6.45) is 2.21. The van der Waals surface area contributed by atoms with Crippen LogP contribution in [0.5, 0.6) is 11.5 Å². The largest absolute Gasteiger partial charge is 0.504 e. The zero-order chi connectivity index (χ0) is 13.0. The Morgan fingerprint density at radius 1 is 1.50 bits per heavy atom. The van der Waals surface area contributed by atoms with Crippen LogP contribution in [0.25, 0.3) is 0 Å².